The number of ether oxygens (including phenoxy) is 2. The number of anilines is 2. The standard InChI is InChI=1S/C26H31N7O2.ClH/c1-18-23(16-29-31-18)26-17-28-24-5-4-19(14-25(24)30-26)33(11-10-32-8-6-27-7-9-32)20-12-21(34-2)15-22(13-20)35-3;/h4-5,12-17,27H,6-11H2,1-3H3,(H,29,31);1H. The van der Waals surface area contributed by atoms with Crippen LogP contribution in [-0.2, 0) is 0 Å². The van der Waals surface area contributed by atoms with Crippen LogP contribution in [0.1, 0.15) is 5.69 Å². The minimum absolute atomic E-state index is 0. The van der Waals surface area contributed by atoms with Gasteiger partial charge < -0.3 is 19.7 Å². The van der Waals surface area contributed by atoms with E-state index in [2.05, 4.69) is 42.4 Å². The van der Waals surface area contributed by atoms with E-state index in [4.69, 9.17) is 14.5 Å². The molecule has 2 N–H and O–H groups in total. The number of methoxy groups -OCH3 is 2. The first-order valence-corrected chi connectivity index (χ1v) is 11.9. The number of aryl methyl sites for hydroxylation is 1. The van der Waals surface area contributed by atoms with Gasteiger partial charge >= 0.3 is 0 Å². The van der Waals surface area contributed by atoms with Crippen LogP contribution in [-0.4, -0.2) is 78.6 Å². The summed E-state index contributed by atoms with van der Waals surface area (Å²) in [4.78, 5) is 14.3. The fourth-order valence-corrected chi connectivity index (χ4v) is 4.45. The molecule has 2 aromatic heterocycles. The predicted molar refractivity (Wildman–Crippen MR) is 145 cm³/mol. The first-order valence-electron chi connectivity index (χ1n) is 11.9. The largest absolute Gasteiger partial charge is 0.497 e. The van der Waals surface area contributed by atoms with Crippen molar-refractivity contribution in [3.8, 4) is 22.8 Å². The highest BCUT2D eigenvalue weighted by Crippen LogP contribution is 2.34. The second kappa shape index (κ2) is 11.6. The molecule has 1 fully saturated rings. The highest BCUT2D eigenvalue weighted by Gasteiger charge is 2.17. The molecule has 0 saturated carbocycles. The number of nitrogens with zero attached hydrogens (tertiary/aromatic N) is 5. The van der Waals surface area contributed by atoms with Gasteiger partial charge in [0.15, 0.2) is 0 Å². The van der Waals surface area contributed by atoms with Gasteiger partial charge in [0.25, 0.3) is 0 Å². The average molecular weight is 510 g/mol. The topological polar surface area (TPSA) is 91.4 Å². The molecule has 5 rings (SSSR count). The Morgan fingerprint density at radius 3 is 2.39 bits per heavy atom. The Kier molecular flexibility index (Phi) is 8.25. The van der Waals surface area contributed by atoms with E-state index in [9.17, 15) is 0 Å². The third-order valence-electron chi connectivity index (χ3n) is 6.44. The number of fused-ring (bicyclic) bond motifs is 1. The molecule has 10 heteroatoms. The van der Waals surface area contributed by atoms with Crippen molar-refractivity contribution in [1.29, 1.82) is 0 Å². The van der Waals surface area contributed by atoms with Crippen molar-refractivity contribution in [3.05, 3.63) is 54.5 Å². The summed E-state index contributed by atoms with van der Waals surface area (Å²) in [5.41, 5.74) is 6.39. The summed E-state index contributed by atoms with van der Waals surface area (Å²) in [6.45, 7) is 7.86. The third kappa shape index (κ3) is 5.53. The van der Waals surface area contributed by atoms with Gasteiger partial charge in [-0.05, 0) is 25.1 Å². The number of H-pyrrole nitrogens is 1. The minimum Gasteiger partial charge on any atom is -0.497 e. The summed E-state index contributed by atoms with van der Waals surface area (Å²) >= 11 is 0. The Labute approximate surface area is 217 Å². The van der Waals surface area contributed by atoms with E-state index in [0.29, 0.717) is 0 Å². The number of benzene rings is 2. The van der Waals surface area contributed by atoms with Crippen LogP contribution in [0.2, 0.25) is 0 Å². The molecule has 2 aromatic carbocycles. The monoisotopic (exact) mass is 509 g/mol. The summed E-state index contributed by atoms with van der Waals surface area (Å²) < 4.78 is 11.1. The molecule has 3 heterocycles. The lowest BCUT2D eigenvalue weighted by molar-refractivity contribution is 0.247. The molecular weight excluding hydrogens is 478 g/mol. The molecule has 0 atom stereocenters. The lowest BCUT2D eigenvalue weighted by Crippen LogP contribution is -2.45. The third-order valence-corrected chi connectivity index (χ3v) is 6.44. The molecule has 1 aliphatic rings. The van der Waals surface area contributed by atoms with E-state index < -0.39 is 0 Å². The van der Waals surface area contributed by atoms with Crippen LogP contribution in [0, 0.1) is 6.92 Å². The van der Waals surface area contributed by atoms with Crippen LogP contribution in [0.4, 0.5) is 11.4 Å². The van der Waals surface area contributed by atoms with Gasteiger partial charge in [0.2, 0.25) is 0 Å². The highest BCUT2D eigenvalue weighted by molar-refractivity contribution is 5.85. The Hall–Kier alpha value is -3.40. The number of nitrogens with one attached hydrogen (secondary N) is 2. The maximum Gasteiger partial charge on any atom is 0.124 e. The fraction of sp³-hybridized carbons (Fsp3) is 0.346. The molecule has 9 nitrogen and oxygen atoms in total. The zero-order valence-corrected chi connectivity index (χ0v) is 21.6. The number of piperazine rings is 1. The van der Waals surface area contributed by atoms with Crippen LogP contribution in [0.15, 0.2) is 48.8 Å². The van der Waals surface area contributed by atoms with E-state index in [-0.39, 0.29) is 12.4 Å². The summed E-state index contributed by atoms with van der Waals surface area (Å²) in [6, 6.07) is 12.2. The number of halogens is 1. The Morgan fingerprint density at radius 2 is 1.72 bits per heavy atom. The minimum atomic E-state index is 0. The summed E-state index contributed by atoms with van der Waals surface area (Å²) in [5.74, 6) is 1.51. The lowest BCUT2D eigenvalue weighted by Gasteiger charge is -2.32. The second-order valence-corrected chi connectivity index (χ2v) is 8.63. The van der Waals surface area contributed by atoms with Crippen LogP contribution >= 0.6 is 12.4 Å². The van der Waals surface area contributed by atoms with Crippen molar-refractivity contribution < 1.29 is 9.47 Å². The molecule has 0 amide bonds. The Balaban J connectivity index is 0.00000304. The molecule has 36 heavy (non-hydrogen) atoms. The van der Waals surface area contributed by atoms with Crippen LogP contribution < -0.4 is 19.7 Å². The highest BCUT2D eigenvalue weighted by atomic mass is 35.5. The van der Waals surface area contributed by atoms with Crippen molar-refractivity contribution in [2.45, 2.75) is 6.92 Å². The van der Waals surface area contributed by atoms with E-state index in [0.717, 1.165) is 90.1 Å². The summed E-state index contributed by atoms with van der Waals surface area (Å²) in [7, 11) is 3.35. The maximum atomic E-state index is 5.56. The van der Waals surface area contributed by atoms with E-state index in [1.807, 2.05) is 37.4 Å². The number of hydrogen-bond acceptors (Lipinski definition) is 8. The van der Waals surface area contributed by atoms with Crippen molar-refractivity contribution in [2.24, 2.45) is 0 Å². The first kappa shape index (κ1) is 25.7. The molecule has 0 radical (unpaired) electrons. The normalized spacial score (nSPS) is 13.9. The zero-order valence-electron chi connectivity index (χ0n) is 20.8. The molecule has 4 aromatic rings. The Morgan fingerprint density at radius 1 is 0.972 bits per heavy atom. The molecule has 0 aliphatic carbocycles. The summed E-state index contributed by atoms with van der Waals surface area (Å²) in [5, 5.41) is 10.6. The van der Waals surface area contributed by atoms with Crippen molar-refractivity contribution >= 4 is 34.8 Å². The number of aromatic nitrogens is 4. The van der Waals surface area contributed by atoms with Gasteiger partial charge in [0.1, 0.15) is 11.5 Å². The molecular formula is C26H32ClN7O2. The van der Waals surface area contributed by atoms with Gasteiger partial charge in [0.05, 0.1) is 42.8 Å². The van der Waals surface area contributed by atoms with Crippen LogP contribution in [0.5, 0.6) is 11.5 Å². The van der Waals surface area contributed by atoms with Gasteiger partial charge in [-0.3, -0.25) is 15.0 Å². The van der Waals surface area contributed by atoms with E-state index in [1.54, 1.807) is 20.4 Å². The fourth-order valence-electron chi connectivity index (χ4n) is 4.45. The van der Waals surface area contributed by atoms with Gasteiger partial charge in [-0.2, -0.15) is 5.10 Å². The van der Waals surface area contributed by atoms with Gasteiger partial charge in [-0.1, -0.05) is 0 Å². The number of aromatic amines is 1. The van der Waals surface area contributed by atoms with Crippen molar-refractivity contribution in [3.63, 3.8) is 0 Å². The molecule has 1 saturated heterocycles. The molecule has 190 valence electrons. The SMILES string of the molecule is COc1cc(OC)cc(N(CCN2CCNCC2)c2ccc3ncc(-c4c[nH]nc4C)nc3c2)c1.Cl. The number of hydrogen-bond donors (Lipinski definition) is 2. The lowest BCUT2D eigenvalue weighted by atomic mass is 10.1. The van der Waals surface area contributed by atoms with E-state index in [1.165, 1.54) is 0 Å². The van der Waals surface area contributed by atoms with Gasteiger partial charge in [0, 0.05) is 80.6 Å². The van der Waals surface area contributed by atoms with Crippen LogP contribution in [0.3, 0.4) is 0 Å². The Bertz CT molecular complexity index is 1280. The molecule has 0 unspecified atom stereocenters. The van der Waals surface area contributed by atoms with Gasteiger partial charge in [-0.25, -0.2) is 4.98 Å². The average Bonchev–Trinajstić information content (AvgIpc) is 3.34. The van der Waals surface area contributed by atoms with Crippen LogP contribution in [0.25, 0.3) is 22.3 Å². The smallest absolute Gasteiger partial charge is 0.124 e. The summed E-state index contributed by atoms with van der Waals surface area (Å²) in [6.07, 6.45) is 3.66. The van der Waals surface area contributed by atoms with Crippen molar-refractivity contribution in [1.82, 2.24) is 30.4 Å². The van der Waals surface area contributed by atoms with E-state index >= 15 is 0 Å². The maximum absolute atomic E-state index is 5.56. The van der Waals surface area contributed by atoms with Crippen molar-refractivity contribution in [2.75, 3.05) is 58.4 Å². The molecule has 1 aliphatic heterocycles. The predicted octanol–water partition coefficient (Wildman–Crippen LogP) is 3.81. The number of rotatable bonds is 8. The molecule has 0 spiro atoms. The second-order valence-electron chi connectivity index (χ2n) is 8.63. The zero-order chi connectivity index (χ0) is 24.2. The first-order chi connectivity index (χ1) is 17.1. The van der Waals surface area contributed by atoms with Gasteiger partial charge in [-0.15, -0.1) is 12.4 Å². The molecule has 0 bridgehead atoms. The quantitative estimate of drug-likeness (QED) is 0.370.